The second-order valence-electron chi connectivity index (χ2n) is 2.40. The van der Waals surface area contributed by atoms with E-state index in [1.165, 1.54) is 0 Å². The lowest BCUT2D eigenvalue weighted by atomic mass is 10.1. The van der Waals surface area contributed by atoms with Gasteiger partial charge in [-0.25, -0.2) is 0 Å². The van der Waals surface area contributed by atoms with Crippen LogP contribution in [0.3, 0.4) is 0 Å². The molecule has 0 aromatic rings. The Morgan fingerprint density at radius 3 is 2.22 bits per heavy atom. The summed E-state index contributed by atoms with van der Waals surface area (Å²) in [6, 6.07) is 0. The highest BCUT2D eigenvalue weighted by atomic mass is 16.5. The Balaban J connectivity index is 3.06. The molecule has 0 bridgehead atoms. The summed E-state index contributed by atoms with van der Waals surface area (Å²) in [5.74, 6) is 0.395. The zero-order valence-electron chi connectivity index (χ0n) is 5.75. The molecule has 0 fully saturated rings. The molecule has 0 amide bonds. The van der Waals surface area contributed by atoms with Crippen LogP contribution in [-0.2, 0) is 0 Å². The van der Waals surface area contributed by atoms with Gasteiger partial charge >= 0.3 is 0 Å². The molecule has 0 spiro atoms. The molecule has 9 heavy (non-hydrogen) atoms. The zero-order chi connectivity index (χ0) is 7.28. The first-order valence-corrected chi connectivity index (χ1v) is 3.23. The number of aliphatic hydroxyl groups excluding tert-OH is 1. The summed E-state index contributed by atoms with van der Waals surface area (Å²) in [4.78, 5) is 0. The summed E-state index contributed by atoms with van der Waals surface area (Å²) in [6.07, 6.45) is 0.0472. The summed E-state index contributed by atoms with van der Waals surface area (Å²) in [5.41, 5.74) is 5.29. The Bertz CT molecular complexity index is 66.1. The van der Waals surface area contributed by atoms with Gasteiger partial charge in [-0.05, 0) is 25.3 Å². The standard InChI is InChI=1S/C6H15NO2/c1-5(4-7)2-3-6(8)9/h5-6,8-9H,2-4,7H2,1H3/t5-/m0/s1. The van der Waals surface area contributed by atoms with Gasteiger partial charge in [-0.3, -0.25) is 0 Å². The van der Waals surface area contributed by atoms with Crippen LogP contribution in [-0.4, -0.2) is 23.0 Å². The normalized spacial score (nSPS) is 14.3. The average molecular weight is 133 g/mol. The molecule has 0 aromatic heterocycles. The van der Waals surface area contributed by atoms with Crippen LogP contribution in [0, 0.1) is 5.92 Å². The highest BCUT2D eigenvalue weighted by molar-refractivity contribution is 4.52. The molecule has 3 nitrogen and oxygen atoms in total. The fourth-order valence-corrected chi connectivity index (χ4v) is 0.551. The molecule has 0 rings (SSSR count). The summed E-state index contributed by atoms with van der Waals surface area (Å²) < 4.78 is 0. The van der Waals surface area contributed by atoms with E-state index in [9.17, 15) is 0 Å². The van der Waals surface area contributed by atoms with Gasteiger partial charge in [0.05, 0.1) is 0 Å². The lowest BCUT2D eigenvalue weighted by Crippen LogP contribution is -2.13. The van der Waals surface area contributed by atoms with Crippen LogP contribution >= 0.6 is 0 Å². The highest BCUT2D eigenvalue weighted by Crippen LogP contribution is 2.04. The maximum Gasteiger partial charge on any atom is 0.151 e. The van der Waals surface area contributed by atoms with E-state index in [4.69, 9.17) is 15.9 Å². The Labute approximate surface area is 55.5 Å². The van der Waals surface area contributed by atoms with Crippen LogP contribution in [0.25, 0.3) is 0 Å². The van der Waals surface area contributed by atoms with Crippen LogP contribution in [0.2, 0.25) is 0 Å². The van der Waals surface area contributed by atoms with Crippen molar-refractivity contribution in [2.75, 3.05) is 6.54 Å². The second-order valence-corrected chi connectivity index (χ2v) is 2.40. The van der Waals surface area contributed by atoms with Crippen molar-refractivity contribution in [3.05, 3.63) is 0 Å². The van der Waals surface area contributed by atoms with Gasteiger partial charge in [0.1, 0.15) is 0 Å². The van der Waals surface area contributed by atoms with E-state index in [0.29, 0.717) is 18.9 Å². The van der Waals surface area contributed by atoms with Crippen molar-refractivity contribution in [2.45, 2.75) is 26.1 Å². The van der Waals surface area contributed by atoms with E-state index in [2.05, 4.69) is 0 Å². The largest absolute Gasteiger partial charge is 0.368 e. The molecule has 56 valence electrons. The number of aliphatic hydroxyl groups is 2. The topological polar surface area (TPSA) is 66.5 Å². The fourth-order valence-electron chi connectivity index (χ4n) is 0.551. The van der Waals surface area contributed by atoms with Gasteiger partial charge in [-0.15, -0.1) is 0 Å². The molecule has 3 heteroatoms. The predicted octanol–water partition coefficient (Wildman–Crippen LogP) is -0.328. The minimum atomic E-state index is -1.17. The SMILES string of the molecule is C[C@H](CN)CCC(O)O. The first-order valence-electron chi connectivity index (χ1n) is 3.23. The maximum absolute atomic E-state index is 8.41. The maximum atomic E-state index is 8.41. The molecule has 0 unspecified atom stereocenters. The zero-order valence-corrected chi connectivity index (χ0v) is 5.75. The van der Waals surface area contributed by atoms with E-state index in [-0.39, 0.29) is 0 Å². The molecule has 1 atom stereocenters. The minimum absolute atomic E-state index is 0.395. The smallest absolute Gasteiger partial charge is 0.151 e. The first-order chi connectivity index (χ1) is 4.16. The molecule has 0 aliphatic heterocycles. The van der Waals surface area contributed by atoms with Gasteiger partial charge in [-0.1, -0.05) is 6.92 Å². The first kappa shape index (κ1) is 8.88. The highest BCUT2D eigenvalue weighted by Gasteiger charge is 2.01. The van der Waals surface area contributed by atoms with Gasteiger partial charge in [0, 0.05) is 0 Å². The Kier molecular flexibility index (Phi) is 4.67. The Morgan fingerprint density at radius 2 is 1.89 bits per heavy atom. The van der Waals surface area contributed by atoms with E-state index in [0.717, 1.165) is 6.42 Å². The third-order valence-corrected chi connectivity index (χ3v) is 1.32. The van der Waals surface area contributed by atoms with Crippen LogP contribution in [0.5, 0.6) is 0 Å². The molecular weight excluding hydrogens is 118 g/mol. The van der Waals surface area contributed by atoms with Crippen molar-refractivity contribution >= 4 is 0 Å². The minimum Gasteiger partial charge on any atom is -0.368 e. The van der Waals surface area contributed by atoms with E-state index in [1.54, 1.807) is 0 Å². The number of rotatable bonds is 4. The quantitative estimate of drug-likeness (QED) is 0.460. The van der Waals surface area contributed by atoms with Crippen molar-refractivity contribution in [3.8, 4) is 0 Å². The predicted molar refractivity (Wildman–Crippen MR) is 35.7 cm³/mol. The fraction of sp³-hybridized carbons (Fsp3) is 1.00. The average Bonchev–Trinajstić information content (AvgIpc) is 1.83. The summed E-state index contributed by atoms with van der Waals surface area (Å²) >= 11 is 0. The van der Waals surface area contributed by atoms with Crippen molar-refractivity contribution in [1.82, 2.24) is 0 Å². The van der Waals surface area contributed by atoms with Crippen molar-refractivity contribution < 1.29 is 10.2 Å². The van der Waals surface area contributed by atoms with Gasteiger partial charge in [0.15, 0.2) is 6.29 Å². The number of hydrogen-bond donors (Lipinski definition) is 3. The van der Waals surface area contributed by atoms with E-state index >= 15 is 0 Å². The molecule has 4 N–H and O–H groups in total. The van der Waals surface area contributed by atoms with Crippen molar-refractivity contribution in [1.29, 1.82) is 0 Å². The summed E-state index contributed by atoms with van der Waals surface area (Å²) in [7, 11) is 0. The molecule has 0 aliphatic carbocycles. The second kappa shape index (κ2) is 4.73. The van der Waals surface area contributed by atoms with E-state index in [1.807, 2.05) is 6.92 Å². The molecule has 0 heterocycles. The van der Waals surface area contributed by atoms with Gasteiger partial charge in [0.2, 0.25) is 0 Å². The lowest BCUT2D eigenvalue weighted by Gasteiger charge is -2.07. The van der Waals surface area contributed by atoms with Crippen molar-refractivity contribution in [2.24, 2.45) is 11.7 Å². The third kappa shape index (κ3) is 5.76. The van der Waals surface area contributed by atoms with Gasteiger partial charge < -0.3 is 15.9 Å². The van der Waals surface area contributed by atoms with Gasteiger partial charge in [0.25, 0.3) is 0 Å². The Morgan fingerprint density at radius 1 is 1.33 bits per heavy atom. The molecular formula is C6H15NO2. The molecule has 0 radical (unpaired) electrons. The van der Waals surface area contributed by atoms with Crippen LogP contribution in [0.4, 0.5) is 0 Å². The van der Waals surface area contributed by atoms with Crippen LogP contribution in [0.15, 0.2) is 0 Å². The third-order valence-electron chi connectivity index (χ3n) is 1.32. The van der Waals surface area contributed by atoms with E-state index < -0.39 is 6.29 Å². The number of nitrogens with two attached hydrogens (primary N) is 1. The number of hydrogen-bond acceptors (Lipinski definition) is 3. The lowest BCUT2D eigenvalue weighted by molar-refractivity contribution is -0.0483. The Hall–Kier alpha value is -0.120. The summed E-state index contributed by atoms with van der Waals surface area (Å²) in [6.45, 7) is 2.61. The van der Waals surface area contributed by atoms with Crippen LogP contribution < -0.4 is 5.73 Å². The van der Waals surface area contributed by atoms with Gasteiger partial charge in [-0.2, -0.15) is 0 Å². The molecule has 0 saturated carbocycles. The molecule has 0 aromatic carbocycles. The molecule has 0 saturated heterocycles. The monoisotopic (exact) mass is 133 g/mol. The van der Waals surface area contributed by atoms with Crippen LogP contribution in [0.1, 0.15) is 19.8 Å². The summed E-state index contributed by atoms with van der Waals surface area (Å²) in [5, 5.41) is 16.8. The molecule has 0 aliphatic rings. The van der Waals surface area contributed by atoms with Crippen molar-refractivity contribution in [3.63, 3.8) is 0 Å².